The zero-order valence-corrected chi connectivity index (χ0v) is 15.4. The number of benzene rings is 1. The van der Waals surface area contributed by atoms with Crippen LogP contribution in [0.25, 0.3) is 27.7 Å². The Morgan fingerprint density at radius 2 is 1.78 bits per heavy atom. The van der Waals surface area contributed by atoms with E-state index in [0.29, 0.717) is 38.4 Å². The fourth-order valence-corrected chi connectivity index (χ4v) is 3.33. The Morgan fingerprint density at radius 1 is 1.00 bits per heavy atom. The highest BCUT2D eigenvalue weighted by Gasteiger charge is 2.17. The van der Waals surface area contributed by atoms with Gasteiger partial charge in [0.1, 0.15) is 5.52 Å². The van der Waals surface area contributed by atoms with E-state index in [2.05, 4.69) is 5.10 Å². The van der Waals surface area contributed by atoms with Gasteiger partial charge in [-0.3, -0.25) is 18.8 Å². The first-order valence-corrected chi connectivity index (χ1v) is 8.54. The first-order chi connectivity index (χ1) is 12.8. The molecular weight excluding hydrogens is 366 g/mol. The Hall–Kier alpha value is -3.32. The molecule has 27 heavy (non-hydrogen) atoms. The molecule has 0 radical (unpaired) electrons. The van der Waals surface area contributed by atoms with Gasteiger partial charge in [0.2, 0.25) is 0 Å². The number of aryl methyl sites for hydroxylation is 2. The summed E-state index contributed by atoms with van der Waals surface area (Å²) in [5.74, 6) is 0. The lowest BCUT2D eigenvalue weighted by atomic mass is 10.0. The lowest BCUT2D eigenvalue weighted by Gasteiger charge is -2.14. The molecule has 0 aliphatic heterocycles. The van der Waals surface area contributed by atoms with Gasteiger partial charge in [0.25, 0.3) is 11.1 Å². The van der Waals surface area contributed by atoms with Crippen molar-refractivity contribution in [2.45, 2.75) is 0 Å². The van der Waals surface area contributed by atoms with E-state index < -0.39 is 0 Å². The van der Waals surface area contributed by atoms with Gasteiger partial charge in [-0.1, -0.05) is 11.6 Å². The molecule has 0 aliphatic rings. The van der Waals surface area contributed by atoms with Crippen LogP contribution in [0.3, 0.4) is 0 Å². The Kier molecular flexibility index (Phi) is 3.89. The molecule has 3 aromatic heterocycles. The summed E-state index contributed by atoms with van der Waals surface area (Å²) in [5, 5.41) is 5.37. The molecule has 0 unspecified atom stereocenters. The molecule has 0 saturated heterocycles. The summed E-state index contributed by atoms with van der Waals surface area (Å²) >= 11 is 6.10. The highest BCUT2D eigenvalue weighted by atomic mass is 35.5. The van der Waals surface area contributed by atoms with Gasteiger partial charge >= 0.3 is 0 Å². The molecule has 0 spiro atoms. The van der Waals surface area contributed by atoms with Crippen LogP contribution >= 0.6 is 11.6 Å². The molecule has 0 aliphatic carbocycles. The summed E-state index contributed by atoms with van der Waals surface area (Å²) in [7, 11) is 3.43. The maximum Gasteiger partial charge on any atom is 0.261 e. The summed E-state index contributed by atoms with van der Waals surface area (Å²) < 4.78 is 4.54. The van der Waals surface area contributed by atoms with Crippen molar-refractivity contribution in [3.05, 3.63) is 74.7 Å². The van der Waals surface area contributed by atoms with E-state index in [4.69, 9.17) is 17.3 Å². The first kappa shape index (κ1) is 17.1. The predicted molar refractivity (Wildman–Crippen MR) is 106 cm³/mol. The SMILES string of the molecule is Cn1cc2c(=O)n(C)cc(-c3cc(N)ccc3-n3cc(Cl)ccc3=O)c2n1. The number of aromatic nitrogens is 4. The average Bonchev–Trinajstić information content (AvgIpc) is 3.02. The van der Waals surface area contributed by atoms with Crippen LogP contribution in [0, 0.1) is 0 Å². The minimum Gasteiger partial charge on any atom is -0.399 e. The quantitative estimate of drug-likeness (QED) is 0.540. The number of halogens is 1. The van der Waals surface area contributed by atoms with E-state index in [-0.39, 0.29) is 11.1 Å². The number of nitrogens with two attached hydrogens (primary N) is 1. The van der Waals surface area contributed by atoms with E-state index in [9.17, 15) is 9.59 Å². The van der Waals surface area contributed by atoms with Gasteiger partial charge in [-0.05, 0) is 24.3 Å². The topological polar surface area (TPSA) is 87.8 Å². The van der Waals surface area contributed by atoms with Gasteiger partial charge in [-0.25, -0.2) is 0 Å². The Bertz CT molecular complexity index is 1320. The van der Waals surface area contributed by atoms with Crippen LogP contribution in [0.5, 0.6) is 0 Å². The highest BCUT2D eigenvalue weighted by molar-refractivity contribution is 6.30. The lowest BCUT2D eigenvalue weighted by molar-refractivity contribution is 0.780. The number of anilines is 1. The summed E-state index contributed by atoms with van der Waals surface area (Å²) in [6.07, 6.45) is 4.93. The lowest BCUT2D eigenvalue weighted by Crippen LogP contribution is -2.18. The van der Waals surface area contributed by atoms with Crippen LogP contribution in [0.2, 0.25) is 5.02 Å². The number of pyridine rings is 2. The summed E-state index contributed by atoms with van der Waals surface area (Å²) in [6, 6.07) is 8.17. The van der Waals surface area contributed by atoms with Crippen LogP contribution < -0.4 is 16.9 Å². The second-order valence-corrected chi connectivity index (χ2v) is 6.79. The van der Waals surface area contributed by atoms with Crippen molar-refractivity contribution in [1.82, 2.24) is 18.9 Å². The normalized spacial score (nSPS) is 11.2. The Labute approximate surface area is 158 Å². The van der Waals surface area contributed by atoms with Crippen LogP contribution in [-0.2, 0) is 14.1 Å². The molecule has 7 nitrogen and oxygen atoms in total. The molecule has 0 saturated carbocycles. The number of fused-ring (bicyclic) bond motifs is 1. The van der Waals surface area contributed by atoms with Crippen LogP contribution in [0.1, 0.15) is 0 Å². The second kappa shape index (κ2) is 6.14. The first-order valence-electron chi connectivity index (χ1n) is 8.16. The molecule has 8 heteroatoms. The van der Waals surface area contributed by atoms with Gasteiger partial charge in [-0.2, -0.15) is 5.10 Å². The fraction of sp³-hybridized carbons (Fsp3) is 0.105. The Balaban J connectivity index is 2.13. The molecule has 0 amide bonds. The zero-order valence-electron chi connectivity index (χ0n) is 14.7. The highest BCUT2D eigenvalue weighted by Crippen LogP contribution is 2.32. The Morgan fingerprint density at radius 3 is 2.56 bits per heavy atom. The third-order valence-corrected chi connectivity index (χ3v) is 4.63. The summed E-state index contributed by atoms with van der Waals surface area (Å²) in [6.45, 7) is 0. The third kappa shape index (κ3) is 2.82. The second-order valence-electron chi connectivity index (χ2n) is 6.36. The third-order valence-electron chi connectivity index (χ3n) is 4.40. The zero-order chi connectivity index (χ0) is 19.3. The molecule has 0 atom stereocenters. The standard InChI is InChI=1S/C19H16ClN5O2/c1-23-9-14(18-15(19(23)27)10-24(2)22-18)13-7-12(21)4-5-16(13)25-8-11(20)3-6-17(25)26/h3-10H,21H2,1-2H3. The molecule has 2 N–H and O–H groups in total. The number of nitrogens with zero attached hydrogens (tertiary/aromatic N) is 4. The number of hydrogen-bond donors (Lipinski definition) is 1. The summed E-state index contributed by atoms with van der Waals surface area (Å²) in [5.41, 5.74) is 8.69. The van der Waals surface area contributed by atoms with Crippen LogP contribution in [0.15, 0.2) is 58.5 Å². The minimum atomic E-state index is -0.229. The average molecular weight is 382 g/mol. The van der Waals surface area contributed by atoms with E-state index in [1.54, 1.807) is 61.6 Å². The monoisotopic (exact) mass is 381 g/mol. The number of nitrogen functional groups attached to an aromatic ring is 1. The molecule has 0 bridgehead atoms. The van der Waals surface area contributed by atoms with Crippen LogP contribution in [-0.4, -0.2) is 18.9 Å². The molecular formula is C19H16ClN5O2. The molecule has 0 fully saturated rings. The molecule has 1 aromatic carbocycles. The largest absolute Gasteiger partial charge is 0.399 e. The van der Waals surface area contributed by atoms with Crippen molar-refractivity contribution in [3.63, 3.8) is 0 Å². The van der Waals surface area contributed by atoms with E-state index in [0.717, 1.165) is 0 Å². The van der Waals surface area contributed by atoms with Crippen molar-refractivity contribution in [3.8, 4) is 16.8 Å². The van der Waals surface area contributed by atoms with Gasteiger partial charge < -0.3 is 10.3 Å². The predicted octanol–water partition coefficient (Wildman–Crippen LogP) is 2.33. The van der Waals surface area contributed by atoms with Crippen molar-refractivity contribution in [2.75, 3.05) is 5.73 Å². The minimum absolute atomic E-state index is 0.146. The summed E-state index contributed by atoms with van der Waals surface area (Å²) in [4.78, 5) is 24.9. The fourth-order valence-electron chi connectivity index (χ4n) is 3.17. The van der Waals surface area contributed by atoms with E-state index in [1.807, 2.05) is 0 Å². The molecule has 3 heterocycles. The maximum atomic E-state index is 12.5. The van der Waals surface area contributed by atoms with Crippen LogP contribution in [0.4, 0.5) is 5.69 Å². The smallest absolute Gasteiger partial charge is 0.261 e. The van der Waals surface area contributed by atoms with Crippen molar-refractivity contribution in [2.24, 2.45) is 14.1 Å². The van der Waals surface area contributed by atoms with E-state index >= 15 is 0 Å². The maximum absolute atomic E-state index is 12.5. The van der Waals surface area contributed by atoms with E-state index in [1.165, 1.54) is 15.2 Å². The molecule has 4 rings (SSSR count). The molecule has 136 valence electrons. The van der Waals surface area contributed by atoms with Gasteiger partial charge in [-0.15, -0.1) is 0 Å². The van der Waals surface area contributed by atoms with Crippen molar-refractivity contribution in [1.29, 1.82) is 0 Å². The van der Waals surface area contributed by atoms with Gasteiger partial charge in [0.15, 0.2) is 0 Å². The number of rotatable bonds is 2. The van der Waals surface area contributed by atoms with Crippen molar-refractivity contribution < 1.29 is 0 Å². The number of hydrogen-bond acceptors (Lipinski definition) is 4. The molecule has 4 aromatic rings. The van der Waals surface area contributed by atoms with Gasteiger partial charge in [0, 0.05) is 55.6 Å². The van der Waals surface area contributed by atoms with Crippen molar-refractivity contribution >= 4 is 28.2 Å². The van der Waals surface area contributed by atoms with Gasteiger partial charge in [0.05, 0.1) is 16.1 Å².